The number of rotatable bonds is 2. The van der Waals surface area contributed by atoms with Crippen LogP contribution in [0, 0.1) is 23.4 Å². The van der Waals surface area contributed by atoms with E-state index in [9.17, 15) is 18.0 Å². The Morgan fingerprint density at radius 2 is 1.57 bits per heavy atom. The van der Waals surface area contributed by atoms with Crippen LogP contribution < -0.4 is 0 Å². The molecule has 14 heavy (non-hydrogen) atoms. The summed E-state index contributed by atoms with van der Waals surface area (Å²) >= 11 is 0. The predicted octanol–water partition coefficient (Wildman–Crippen LogP) is 2.94. The molecule has 0 atom stereocenters. The first kappa shape index (κ1) is 10.8. The normalized spacial score (nSPS) is 10.7. The number of halogens is 3. The summed E-state index contributed by atoms with van der Waals surface area (Å²) < 4.78 is 38.2. The van der Waals surface area contributed by atoms with Gasteiger partial charge in [0.25, 0.3) is 0 Å². The summed E-state index contributed by atoms with van der Waals surface area (Å²) in [6.07, 6.45) is 0. The zero-order chi connectivity index (χ0) is 10.9. The Labute approximate surface area is 79.5 Å². The Bertz CT molecular complexity index is 372. The van der Waals surface area contributed by atoms with Gasteiger partial charge in [-0.15, -0.1) is 0 Å². The number of hydrogen-bond donors (Lipinski definition) is 0. The Kier molecular flexibility index (Phi) is 2.93. The smallest absolute Gasteiger partial charge is 0.168 e. The van der Waals surface area contributed by atoms with Crippen molar-refractivity contribution >= 4 is 5.78 Å². The molecule has 0 radical (unpaired) electrons. The molecule has 0 saturated heterocycles. The topological polar surface area (TPSA) is 17.1 Å². The first-order valence-electron chi connectivity index (χ1n) is 4.12. The third kappa shape index (κ3) is 1.95. The lowest BCUT2D eigenvalue weighted by Crippen LogP contribution is -2.10. The lowest BCUT2D eigenvalue weighted by molar-refractivity contribution is 0.0934. The van der Waals surface area contributed by atoms with Crippen molar-refractivity contribution in [2.45, 2.75) is 13.8 Å². The van der Waals surface area contributed by atoms with E-state index in [1.54, 1.807) is 13.8 Å². The maximum atomic E-state index is 13.0. The molecule has 0 aliphatic rings. The number of hydrogen-bond acceptors (Lipinski definition) is 1. The van der Waals surface area contributed by atoms with E-state index in [4.69, 9.17) is 0 Å². The molecule has 4 heteroatoms. The van der Waals surface area contributed by atoms with Gasteiger partial charge in [-0.1, -0.05) is 13.8 Å². The highest BCUT2D eigenvalue weighted by Gasteiger charge is 2.18. The van der Waals surface area contributed by atoms with Crippen LogP contribution in [0.25, 0.3) is 0 Å². The van der Waals surface area contributed by atoms with Crippen LogP contribution in [0.4, 0.5) is 13.2 Å². The molecular formula is C10H9F3O. The highest BCUT2D eigenvalue weighted by molar-refractivity contribution is 5.97. The molecule has 1 nitrogen and oxygen atoms in total. The van der Waals surface area contributed by atoms with Gasteiger partial charge in [0.15, 0.2) is 17.4 Å². The van der Waals surface area contributed by atoms with E-state index in [2.05, 4.69) is 0 Å². The molecule has 0 amide bonds. The zero-order valence-corrected chi connectivity index (χ0v) is 7.77. The molecule has 0 saturated carbocycles. The Morgan fingerprint density at radius 1 is 1.07 bits per heavy atom. The molecule has 0 unspecified atom stereocenters. The second-order valence-corrected chi connectivity index (χ2v) is 3.27. The SMILES string of the molecule is CC(C)C(=O)c1cc(F)c(F)cc1F. The molecule has 1 aromatic rings. The van der Waals surface area contributed by atoms with Crippen molar-refractivity contribution in [3.63, 3.8) is 0 Å². The second kappa shape index (κ2) is 3.82. The van der Waals surface area contributed by atoms with Gasteiger partial charge in [0.2, 0.25) is 0 Å². The minimum absolute atomic E-state index is 0.380. The van der Waals surface area contributed by atoms with Crippen molar-refractivity contribution in [1.29, 1.82) is 0 Å². The van der Waals surface area contributed by atoms with Crippen LogP contribution >= 0.6 is 0 Å². The van der Waals surface area contributed by atoms with Gasteiger partial charge >= 0.3 is 0 Å². The van der Waals surface area contributed by atoms with Crippen LogP contribution in [0.5, 0.6) is 0 Å². The fourth-order valence-electron chi connectivity index (χ4n) is 1.02. The van der Waals surface area contributed by atoms with E-state index in [1.807, 2.05) is 0 Å². The van der Waals surface area contributed by atoms with Crippen LogP contribution in [-0.2, 0) is 0 Å². The lowest BCUT2D eigenvalue weighted by Gasteiger charge is -2.05. The van der Waals surface area contributed by atoms with Crippen molar-refractivity contribution in [3.05, 3.63) is 35.1 Å². The van der Waals surface area contributed by atoms with Crippen LogP contribution in [-0.4, -0.2) is 5.78 Å². The fourth-order valence-corrected chi connectivity index (χ4v) is 1.02. The van der Waals surface area contributed by atoms with E-state index in [1.165, 1.54) is 0 Å². The van der Waals surface area contributed by atoms with Gasteiger partial charge in [0, 0.05) is 12.0 Å². The summed E-state index contributed by atoms with van der Waals surface area (Å²) in [5, 5.41) is 0. The van der Waals surface area contributed by atoms with Gasteiger partial charge in [0.1, 0.15) is 5.82 Å². The summed E-state index contributed by atoms with van der Waals surface area (Å²) in [6.45, 7) is 3.12. The van der Waals surface area contributed by atoms with E-state index in [0.29, 0.717) is 12.1 Å². The fraction of sp³-hybridized carbons (Fsp3) is 0.300. The van der Waals surface area contributed by atoms with E-state index in [-0.39, 0.29) is 0 Å². The molecule has 0 aliphatic heterocycles. The lowest BCUT2D eigenvalue weighted by atomic mass is 10.0. The minimum atomic E-state index is -1.29. The summed E-state index contributed by atoms with van der Waals surface area (Å²) in [5.74, 6) is -4.52. The third-order valence-corrected chi connectivity index (χ3v) is 1.80. The molecule has 0 spiro atoms. The van der Waals surface area contributed by atoms with Gasteiger partial charge < -0.3 is 0 Å². The van der Waals surface area contributed by atoms with Gasteiger partial charge in [-0.3, -0.25) is 4.79 Å². The van der Waals surface area contributed by atoms with Crippen LogP contribution in [0.15, 0.2) is 12.1 Å². The van der Waals surface area contributed by atoms with Crippen molar-refractivity contribution in [2.75, 3.05) is 0 Å². The van der Waals surface area contributed by atoms with Gasteiger partial charge in [-0.25, -0.2) is 13.2 Å². The van der Waals surface area contributed by atoms with Crippen molar-refractivity contribution in [3.8, 4) is 0 Å². The highest BCUT2D eigenvalue weighted by atomic mass is 19.2. The quantitative estimate of drug-likeness (QED) is 0.532. The standard InChI is InChI=1S/C10H9F3O/c1-5(2)10(14)6-3-8(12)9(13)4-7(6)11/h3-5H,1-2H3. The molecule has 76 valence electrons. The van der Waals surface area contributed by atoms with Crippen LogP contribution in [0.3, 0.4) is 0 Å². The highest BCUT2D eigenvalue weighted by Crippen LogP contribution is 2.16. The largest absolute Gasteiger partial charge is 0.294 e. The van der Waals surface area contributed by atoms with Gasteiger partial charge in [-0.2, -0.15) is 0 Å². The number of carbonyl (C=O) groups excluding carboxylic acids is 1. The minimum Gasteiger partial charge on any atom is -0.294 e. The maximum Gasteiger partial charge on any atom is 0.168 e. The van der Waals surface area contributed by atoms with Crippen molar-refractivity contribution < 1.29 is 18.0 Å². The first-order chi connectivity index (χ1) is 6.43. The van der Waals surface area contributed by atoms with Crippen LogP contribution in [0.1, 0.15) is 24.2 Å². The Balaban J connectivity index is 3.22. The van der Waals surface area contributed by atoms with E-state index < -0.39 is 34.7 Å². The molecule has 1 aromatic carbocycles. The maximum absolute atomic E-state index is 13.0. The predicted molar refractivity (Wildman–Crippen MR) is 45.5 cm³/mol. The summed E-state index contributed by atoms with van der Waals surface area (Å²) in [5.41, 5.74) is -0.404. The first-order valence-corrected chi connectivity index (χ1v) is 4.12. The average Bonchev–Trinajstić information content (AvgIpc) is 2.10. The number of carbonyl (C=O) groups is 1. The molecular weight excluding hydrogens is 193 g/mol. The van der Waals surface area contributed by atoms with Crippen molar-refractivity contribution in [2.24, 2.45) is 5.92 Å². The van der Waals surface area contributed by atoms with E-state index in [0.717, 1.165) is 0 Å². The molecule has 1 rings (SSSR count). The molecule has 0 N–H and O–H groups in total. The van der Waals surface area contributed by atoms with Gasteiger partial charge in [-0.05, 0) is 6.07 Å². The number of benzene rings is 1. The zero-order valence-electron chi connectivity index (χ0n) is 7.77. The molecule has 0 aliphatic carbocycles. The van der Waals surface area contributed by atoms with Crippen molar-refractivity contribution in [1.82, 2.24) is 0 Å². The average molecular weight is 202 g/mol. The molecule has 0 fully saturated rings. The molecule has 0 bridgehead atoms. The number of ketones is 1. The molecule has 0 aromatic heterocycles. The van der Waals surface area contributed by atoms with Gasteiger partial charge in [0.05, 0.1) is 5.56 Å². The van der Waals surface area contributed by atoms with Crippen LogP contribution in [0.2, 0.25) is 0 Å². The third-order valence-electron chi connectivity index (χ3n) is 1.80. The molecule has 0 heterocycles. The summed E-state index contributed by atoms with van der Waals surface area (Å²) in [4.78, 5) is 11.3. The second-order valence-electron chi connectivity index (χ2n) is 3.27. The van der Waals surface area contributed by atoms with E-state index >= 15 is 0 Å². The Hall–Kier alpha value is -1.32. The Morgan fingerprint density at radius 3 is 2.07 bits per heavy atom. The summed E-state index contributed by atoms with van der Waals surface area (Å²) in [6, 6.07) is 0.970. The number of Topliss-reactive ketones (excluding diaryl/α,β-unsaturated/α-hetero) is 1. The summed E-state index contributed by atoms with van der Waals surface area (Å²) in [7, 11) is 0. The monoisotopic (exact) mass is 202 g/mol.